The van der Waals surface area contributed by atoms with E-state index in [1.807, 2.05) is 50.2 Å². The molecule has 1 unspecified atom stereocenters. The molecular formula is C21H24N4O2. The maximum Gasteiger partial charge on any atom is 0.255 e. The quantitative estimate of drug-likeness (QED) is 0.701. The highest BCUT2D eigenvalue weighted by molar-refractivity contribution is 6.04. The van der Waals surface area contributed by atoms with E-state index in [0.29, 0.717) is 24.2 Å². The number of aromatic nitrogens is 3. The van der Waals surface area contributed by atoms with E-state index in [1.165, 1.54) is 0 Å². The summed E-state index contributed by atoms with van der Waals surface area (Å²) >= 11 is 0. The highest BCUT2D eigenvalue weighted by atomic mass is 16.3. The highest BCUT2D eigenvalue weighted by Crippen LogP contribution is 2.21. The number of nitrogens with zero attached hydrogens (tertiary/aromatic N) is 3. The molecule has 6 heteroatoms. The summed E-state index contributed by atoms with van der Waals surface area (Å²) in [6.45, 7) is 6.15. The molecule has 1 amide bonds. The van der Waals surface area contributed by atoms with Gasteiger partial charge in [0.25, 0.3) is 5.91 Å². The Morgan fingerprint density at radius 2 is 1.81 bits per heavy atom. The van der Waals surface area contributed by atoms with Crippen LogP contribution in [0, 0.1) is 6.92 Å². The lowest BCUT2D eigenvalue weighted by Crippen LogP contribution is -2.20. The molecule has 0 fully saturated rings. The van der Waals surface area contributed by atoms with Crippen molar-refractivity contribution in [3.8, 4) is 0 Å². The van der Waals surface area contributed by atoms with Crippen molar-refractivity contribution in [1.29, 1.82) is 0 Å². The van der Waals surface area contributed by atoms with Gasteiger partial charge in [0, 0.05) is 11.3 Å². The molecule has 0 spiro atoms. The smallest absolute Gasteiger partial charge is 0.255 e. The number of benzene rings is 2. The summed E-state index contributed by atoms with van der Waals surface area (Å²) in [5.74, 6) is -0.146. The molecule has 0 aliphatic rings. The summed E-state index contributed by atoms with van der Waals surface area (Å²) in [4.78, 5) is 12.3. The average molecular weight is 364 g/mol. The first kappa shape index (κ1) is 18.8. The summed E-state index contributed by atoms with van der Waals surface area (Å²) in [7, 11) is 0. The van der Waals surface area contributed by atoms with Gasteiger partial charge in [-0.05, 0) is 50.1 Å². The molecule has 0 bridgehead atoms. The van der Waals surface area contributed by atoms with E-state index in [4.69, 9.17) is 0 Å². The van der Waals surface area contributed by atoms with Gasteiger partial charge in [0.2, 0.25) is 0 Å². The number of hydrogen-bond acceptors (Lipinski definition) is 4. The van der Waals surface area contributed by atoms with Crippen molar-refractivity contribution in [2.45, 2.75) is 39.3 Å². The monoisotopic (exact) mass is 364 g/mol. The number of aliphatic hydroxyl groups is 1. The number of carbonyl (C=O) groups excluding carboxylic acids is 1. The maximum absolute atomic E-state index is 12.3. The number of aryl methyl sites for hydroxylation is 1. The van der Waals surface area contributed by atoms with E-state index in [0.717, 1.165) is 16.8 Å². The molecule has 27 heavy (non-hydrogen) atoms. The summed E-state index contributed by atoms with van der Waals surface area (Å²) < 4.78 is 1.68. The first-order valence-corrected chi connectivity index (χ1v) is 8.97. The zero-order valence-electron chi connectivity index (χ0n) is 15.8. The van der Waals surface area contributed by atoms with Gasteiger partial charge in [-0.3, -0.25) is 4.79 Å². The Labute approximate surface area is 158 Å². The topological polar surface area (TPSA) is 80.0 Å². The van der Waals surface area contributed by atoms with E-state index >= 15 is 0 Å². The molecule has 2 aromatic carbocycles. The van der Waals surface area contributed by atoms with Crippen LogP contribution in [0.5, 0.6) is 0 Å². The van der Waals surface area contributed by atoms with Gasteiger partial charge in [-0.2, -0.15) is 0 Å². The number of rotatable bonds is 6. The minimum Gasteiger partial charge on any atom is -0.384 e. The molecule has 2 N–H and O–H groups in total. The van der Waals surface area contributed by atoms with Gasteiger partial charge in [0.1, 0.15) is 11.3 Å². The Morgan fingerprint density at radius 1 is 1.15 bits per heavy atom. The zero-order chi connectivity index (χ0) is 19.4. The molecule has 1 atom stereocenters. The number of hydrogen-bond donors (Lipinski definition) is 2. The van der Waals surface area contributed by atoms with Gasteiger partial charge >= 0.3 is 0 Å². The molecule has 1 aromatic heterocycles. The van der Waals surface area contributed by atoms with Crippen LogP contribution in [0.2, 0.25) is 0 Å². The molecule has 0 saturated heterocycles. The fraction of sp³-hybridized carbons (Fsp3) is 0.286. The Bertz CT molecular complexity index is 912. The van der Waals surface area contributed by atoms with Crippen LogP contribution in [0.4, 0.5) is 5.69 Å². The standard InChI is InChI=1S/C21H24N4O2/c1-4-21(3,27)19-14-25(24-23-19)13-16-7-9-17(10-8-16)20(26)22-18-11-5-15(2)6-12-18/h5-12,14,27H,4,13H2,1-3H3,(H,22,26). The third-order valence-electron chi connectivity index (χ3n) is 4.65. The van der Waals surface area contributed by atoms with Crippen LogP contribution in [0.1, 0.15) is 47.4 Å². The maximum atomic E-state index is 12.3. The lowest BCUT2D eigenvalue weighted by molar-refractivity contribution is 0.0484. The largest absolute Gasteiger partial charge is 0.384 e. The zero-order valence-corrected chi connectivity index (χ0v) is 15.8. The molecule has 0 radical (unpaired) electrons. The lowest BCUT2D eigenvalue weighted by Gasteiger charge is -2.16. The molecule has 3 aromatic rings. The second-order valence-electron chi connectivity index (χ2n) is 6.95. The van der Waals surface area contributed by atoms with Crippen molar-refractivity contribution in [3.05, 3.63) is 77.1 Å². The van der Waals surface area contributed by atoms with Crippen molar-refractivity contribution in [2.75, 3.05) is 5.32 Å². The van der Waals surface area contributed by atoms with Crippen LogP contribution >= 0.6 is 0 Å². The third kappa shape index (κ3) is 4.60. The number of amides is 1. The van der Waals surface area contributed by atoms with Crippen LogP contribution in [0.15, 0.2) is 54.7 Å². The molecule has 0 aliphatic carbocycles. The van der Waals surface area contributed by atoms with Crippen molar-refractivity contribution >= 4 is 11.6 Å². The summed E-state index contributed by atoms with van der Waals surface area (Å²) in [5, 5.41) is 21.3. The predicted octanol–water partition coefficient (Wildman–Crippen LogP) is 3.50. The Balaban J connectivity index is 1.65. The molecule has 0 saturated carbocycles. The third-order valence-corrected chi connectivity index (χ3v) is 4.65. The summed E-state index contributed by atoms with van der Waals surface area (Å²) in [5.41, 5.74) is 3.08. The van der Waals surface area contributed by atoms with Crippen molar-refractivity contribution in [1.82, 2.24) is 15.0 Å². The van der Waals surface area contributed by atoms with Crippen LogP contribution in [0.3, 0.4) is 0 Å². The SMILES string of the molecule is CCC(C)(O)c1cn(Cc2ccc(C(=O)Nc3ccc(C)cc3)cc2)nn1. The summed E-state index contributed by atoms with van der Waals surface area (Å²) in [6, 6.07) is 15.1. The van der Waals surface area contributed by atoms with E-state index in [9.17, 15) is 9.90 Å². The second kappa shape index (κ2) is 7.72. The van der Waals surface area contributed by atoms with Crippen LogP contribution < -0.4 is 5.32 Å². The van der Waals surface area contributed by atoms with E-state index in [2.05, 4.69) is 15.6 Å². The highest BCUT2D eigenvalue weighted by Gasteiger charge is 2.24. The summed E-state index contributed by atoms with van der Waals surface area (Å²) in [6.07, 6.45) is 2.32. The Hall–Kier alpha value is -2.99. The minimum absolute atomic E-state index is 0.146. The number of anilines is 1. The normalized spacial score (nSPS) is 13.2. The molecule has 140 valence electrons. The van der Waals surface area contributed by atoms with Crippen LogP contribution in [-0.4, -0.2) is 26.0 Å². The molecule has 0 aliphatic heterocycles. The molecular weight excluding hydrogens is 340 g/mol. The molecule has 3 rings (SSSR count). The van der Waals surface area contributed by atoms with Gasteiger partial charge in [0.15, 0.2) is 0 Å². The number of nitrogens with one attached hydrogen (secondary N) is 1. The first-order chi connectivity index (χ1) is 12.9. The van der Waals surface area contributed by atoms with Crippen molar-refractivity contribution in [3.63, 3.8) is 0 Å². The predicted molar refractivity (Wildman–Crippen MR) is 105 cm³/mol. The van der Waals surface area contributed by atoms with Gasteiger partial charge in [-0.1, -0.05) is 42.0 Å². The first-order valence-electron chi connectivity index (χ1n) is 8.97. The minimum atomic E-state index is -0.976. The van der Waals surface area contributed by atoms with E-state index < -0.39 is 5.60 Å². The van der Waals surface area contributed by atoms with Gasteiger partial charge in [-0.25, -0.2) is 4.68 Å². The van der Waals surface area contributed by atoms with Crippen molar-refractivity contribution < 1.29 is 9.90 Å². The van der Waals surface area contributed by atoms with Crippen molar-refractivity contribution in [2.24, 2.45) is 0 Å². The molecule has 6 nitrogen and oxygen atoms in total. The van der Waals surface area contributed by atoms with Crippen LogP contribution in [0.25, 0.3) is 0 Å². The molecule has 1 heterocycles. The fourth-order valence-corrected chi connectivity index (χ4v) is 2.59. The van der Waals surface area contributed by atoms with Crippen LogP contribution in [-0.2, 0) is 12.1 Å². The van der Waals surface area contributed by atoms with E-state index in [1.54, 1.807) is 29.9 Å². The van der Waals surface area contributed by atoms with E-state index in [-0.39, 0.29) is 5.91 Å². The van der Waals surface area contributed by atoms with Gasteiger partial charge < -0.3 is 10.4 Å². The van der Waals surface area contributed by atoms with Gasteiger partial charge in [-0.15, -0.1) is 5.10 Å². The second-order valence-corrected chi connectivity index (χ2v) is 6.95. The van der Waals surface area contributed by atoms with Gasteiger partial charge in [0.05, 0.1) is 12.7 Å². The lowest BCUT2D eigenvalue weighted by atomic mass is 10.0. The number of carbonyl (C=O) groups is 1. The fourth-order valence-electron chi connectivity index (χ4n) is 2.59. The average Bonchev–Trinajstić information content (AvgIpc) is 3.13. The Kier molecular flexibility index (Phi) is 5.37. The Morgan fingerprint density at radius 3 is 2.44 bits per heavy atom.